The highest BCUT2D eigenvalue weighted by atomic mass is 35.5. The first-order valence-electron chi connectivity index (χ1n) is 7.24. The number of hydrogen-bond donors (Lipinski definition) is 3. The Morgan fingerprint density at radius 1 is 1.30 bits per heavy atom. The molecule has 1 saturated heterocycles. The molecular formula is C15H16Cl2N2O4. The van der Waals surface area contributed by atoms with Crippen LogP contribution in [0.15, 0.2) is 12.1 Å². The van der Waals surface area contributed by atoms with Crippen LogP contribution in [0.5, 0.6) is 0 Å². The second-order valence-corrected chi connectivity index (χ2v) is 6.73. The van der Waals surface area contributed by atoms with E-state index >= 15 is 0 Å². The summed E-state index contributed by atoms with van der Waals surface area (Å²) < 4.78 is 0. The molecule has 0 bridgehead atoms. The van der Waals surface area contributed by atoms with Gasteiger partial charge in [-0.2, -0.15) is 0 Å². The zero-order valence-corrected chi connectivity index (χ0v) is 13.7. The molecule has 8 heteroatoms. The van der Waals surface area contributed by atoms with Crippen molar-refractivity contribution < 1.29 is 19.8 Å². The molecule has 0 aromatic heterocycles. The van der Waals surface area contributed by atoms with Crippen LogP contribution in [-0.2, 0) is 15.0 Å². The van der Waals surface area contributed by atoms with E-state index in [2.05, 4.69) is 5.32 Å². The van der Waals surface area contributed by atoms with Crippen LogP contribution in [0.4, 0.5) is 5.69 Å². The number of fused-ring (bicyclic) bond motifs is 2. The number of hydrogen-bond acceptors (Lipinski definition) is 4. The number of carbonyl (C=O) groups excluding carboxylic acids is 2. The Morgan fingerprint density at radius 2 is 1.96 bits per heavy atom. The van der Waals surface area contributed by atoms with Crippen LogP contribution in [0.25, 0.3) is 0 Å². The van der Waals surface area contributed by atoms with Crippen molar-refractivity contribution in [3.8, 4) is 0 Å². The summed E-state index contributed by atoms with van der Waals surface area (Å²) in [6.45, 7) is -0.284. The van der Waals surface area contributed by atoms with E-state index < -0.39 is 24.5 Å². The van der Waals surface area contributed by atoms with E-state index in [1.807, 2.05) is 0 Å². The molecule has 0 saturated carbocycles. The molecule has 1 aromatic carbocycles. The number of rotatable bonds is 3. The smallest absolute Gasteiger partial charge is 0.237 e. The van der Waals surface area contributed by atoms with Gasteiger partial charge in [-0.1, -0.05) is 23.2 Å². The third-order valence-electron chi connectivity index (χ3n) is 4.63. The summed E-state index contributed by atoms with van der Waals surface area (Å²) in [6, 6.07) is 3.28. The predicted molar refractivity (Wildman–Crippen MR) is 85.6 cm³/mol. The average molecular weight is 359 g/mol. The molecule has 3 N–H and O–H groups in total. The van der Waals surface area contributed by atoms with Gasteiger partial charge in [-0.15, -0.1) is 0 Å². The molecule has 2 heterocycles. The maximum Gasteiger partial charge on any atom is 0.237 e. The number of amides is 2. The molecular weight excluding hydrogens is 343 g/mol. The Bertz CT molecular complexity index is 678. The lowest BCUT2D eigenvalue weighted by molar-refractivity contribution is -0.137. The van der Waals surface area contributed by atoms with Crippen molar-refractivity contribution in [2.24, 2.45) is 5.92 Å². The van der Waals surface area contributed by atoms with E-state index in [1.165, 1.54) is 4.90 Å². The van der Waals surface area contributed by atoms with Crippen molar-refractivity contribution in [1.82, 2.24) is 4.90 Å². The molecule has 1 atom stereocenters. The second-order valence-electron chi connectivity index (χ2n) is 5.92. The van der Waals surface area contributed by atoms with Crippen LogP contribution >= 0.6 is 23.2 Å². The lowest BCUT2D eigenvalue weighted by Crippen LogP contribution is -2.42. The van der Waals surface area contributed by atoms with Gasteiger partial charge in [0.15, 0.2) is 0 Å². The largest absolute Gasteiger partial charge is 0.395 e. The van der Waals surface area contributed by atoms with Gasteiger partial charge < -0.3 is 20.4 Å². The number of carbonyl (C=O) groups is 2. The summed E-state index contributed by atoms with van der Waals surface area (Å²) in [7, 11) is 0. The number of halogens is 2. The molecule has 3 rings (SSSR count). The highest BCUT2D eigenvalue weighted by molar-refractivity contribution is 6.42. The number of nitrogens with zero attached hydrogens (tertiary/aromatic N) is 1. The van der Waals surface area contributed by atoms with Crippen molar-refractivity contribution in [2.75, 3.05) is 31.6 Å². The van der Waals surface area contributed by atoms with Gasteiger partial charge in [0, 0.05) is 18.8 Å². The molecule has 2 amide bonds. The second kappa shape index (κ2) is 5.94. The number of benzene rings is 1. The van der Waals surface area contributed by atoms with Crippen LogP contribution in [-0.4, -0.2) is 53.2 Å². The van der Waals surface area contributed by atoms with Crippen molar-refractivity contribution in [3.63, 3.8) is 0 Å². The highest BCUT2D eigenvalue weighted by Gasteiger charge is 2.52. The lowest BCUT2D eigenvalue weighted by atomic mass is 9.81. The predicted octanol–water partition coefficient (Wildman–Crippen LogP) is 1.02. The Kier molecular flexibility index (Phi) is 4.27. The lowest BCUT2D eigenvalue weighted by Gasteiger charge is -2.24. The summed E-state index contributed by atoms with van der Waals surface area (Å²) in [4.78, 5) is 26.3. The highest BCUT2D eigenvalue weighted by Crippen LogP contribution is 2.46. The van der Waals surface area contributed by atoms with Gasteiger partial charge >= 0.3 is 0 Å². The maximum absolute atomic E-state index is 12.5. The van der Waals surface area contributed by atoms with Crippen LogP contribution in [0.1, 0.15) is 12.0 Å². The molecule has 2 aliphatic rings. The molecule has 2 aliphatic heterocycles. The number of aliphatic hydroxyl groups excluding tert-OH is 2. The van der Waals surface area contributed by atoms with Gasteiger partial charge in [-0.05, 0) is 24.1 Å². The first-order valence-corrected chi connectivity index (χ1v) is 8.00. The first kappa shape index (κ1) is 16.5. The molecule has 23 heavy (non-hydrogen) atoms. The third-order valence-corrected chi connectivity index (χ3v) is 5.35. The molecule has 1 spiro atoms. The Labute approximate surface area is 143 Å². The Morgan fingerprint density at radius 3 is 2.61 bits per heavy atom. The fourth-order valence-corrected chi connectivity index (χ4v) is 3.61. The monoisotopic (exact) mass is 358 g/mol. The van der Waals surface area contributed by atoms with E-state index in [4.69, 9.17) is 23.2 Å². The molecule has 0 radical (unpaired) electrons. The minimum atomic E-state index is -0.858. The van der Waals surface area contributed by atoms with E-state index in [0.29, 0.717) is 28.7 Å². The van der Waals surface area contributed by atoms with E-state index in [0.717, 1.165) is 5.56 Å². The normalized spacial score (nSPS) is 22.8. The summed E-state index contributed by atoms with van der Waals surface area (Å²) >= 11 is 12.1. The molecule has 1 fully saturated rings. The van der Waals surface area contributed by atoms with E-state index in [9.17, 15) is 19.8 Å². The standard InChI is InChI=1S/C15H16Cl2N2O4/c16-10-3-9-12(4-11(10)17)18-14(23)15(9)1-2-19(7-15)13(22)8(5-20)6-21/h3-4,8,20-21H,1-2,5-7H2,(H,18,23)/t15-/m1/s1. The van der Waals surface area contributed by atoms with Gasteiger partial charge in [0.25, 0.3) is 0 Å². The summed E-state index contributed by atoms with van der Waals surface area (Å²) in [5.74, 6) is -1.40. The van der Waals surface area contributed by atoms with Crippen LogP contribution in [0, 0.1) is 5.92 Å². The average Bonchev–Trinajstić information content (AvgIpc) is 3.07. The quantitative estimate of drug-likeness (QED) is 0.752. The molecule has 0 unspecified atom stereocenters. The maximum atomic E-state index is 12.5. The number of anilines is 1. The van der Waals surface area contributed by atoms with Gasteiger partial charge in [0.05, 0.1) is 34.6 Å². The van der Waals surface area contributed by atoms with E-state index in [1.54, 1.807) is 12.1 Å². The van der Waals surface area contributed by atoms with Gasteiger partial charge in [-0.25, -0.2) is 0 Å². The van der Waals surface area contributed by atoms with Gasteiger partial charge in [0.1, 0.15) is 0 Å². The summed E-state index contributed by atoms with van der Waals surface area (Å²) in [5.41, 5.74) is 0.491. The fourth-order valence-electron chi connectivity index (χ4n) is 3.29. The first-order chi connectivity index (χ1) is 10.9. The fraction of sp³-hybridized carbons (Fsp3) is 0.467. The number of likely N-dealkylation sites (tertiary alicyclic amines) is 1. The minimum absolute atomic E-state index is 0.189. The van der Waals surface area contributed by atoms with Crippen molar-refractivity contribution in [3.05, 3.63) is 27.7 Å². The van der Waals surface area contributed by atoms with Crippen LogP contribution < -0.4 is 5.32 Å². The molecule has 6 nitrogen and oxygen atoms in total. The van der Waals surface area contributed by atoms with Crippen molar-refractivity contribution in [2.45, 2.75) is 11.8 Å². The van der Waals surface area contributed by atoms with Crippen LogP contribution in [0.2, 0.25) is 10.0 Å². The van der Waals surface area contributed by atoms with Crippen molar-refractivity contribution in [1.29, 1.82) is 0 Å². The zero-order valence-electron chi connectivity index (χ0n) is 12.2. The zero-order chi connectivity index (χ0) is 16.8. The summed E-state index contributed by atoms with van der Waals surface area (Å²) in [6.07, 6.45) is 0.457. The van der Waals surface area contributed by atoms with E-state index in [-0.39, 0.29) is 18.4 Å². The SMILES string of the molecule is O=C(C(CO)CO)N1CC[C@]2(C1)C(=O)Nc1cc(Cl)c(Cl)cc12. The summed E-state index contributed by atoms with van der Waals surface area (Å²) in [5, 5.41) is 21.9. The van der Waals surface area contributed by atoms with Crippen LogP contribution in [0.3, 0.4) is 0 Å². The molecule has 0 aliphatic carbocycles. The topological polar surface area (TPSA) is 89.9 Å². The molecule has 124 valence electrons. The van der Waals surface area contributed by atoms with Crippen molar-refractivity contribution >= 4 is 40.7 Å². The molecule has 1 aromatic rings. The van der Waals surface area contributed by atoms with Gasteiger partial charge in [-0.3, -0.25) is 9.59 Å². The third kappa shape index (κ3) is 2.50. The Hall–Kier alpha value is -1.34. The van der Waals surface area contributed by atoms with Gasteiger partial charge in [0.2, 0.25) is 11.8 Å². The number of aliphatic hydroxyl groups is 2. The Balaban J connectivity index is 1.92. The number of nitrogens with one attached hydrogen (secondary N) is 1. The minimum Gasteiger partial charge on any atom is -0.395 e.